The van der Waals surface area contributed by atoms with E-state index in [9.17, 15) is 4.79 Å². The lowest BCUT2D eigenvalue weighted by molar-refractivity contribution is -0.147. The molecule has 5 rings (SSSR count). The molecule has 0 amide bonds. The highest BCUT2D eigenvalue weighted by molar-refractivity contribution is 7.76. The summed E-state index contributed by atoms with van der Waals surface area (Å²) in [5, 5.41) is 4.10. The molecule has 0 saturated carbocycles. The van der Waals surface area contributed by atoms with Gasteiger partial charge in [0.25, 0.3) is 0 Å². The molecule has 168 valence electrons. The van der Waals surface area contributed by atoms with Gasteiger partial charge in [-0.15, -0.1) is 0 Å². The van der Waals surface area contributed by atoms with Gasteiger partial charge in [0, 0.05) is 17.0 Å². The summed E-state index contributed by atoms with van der Waals surface area (Å²) < 4.78 is 5.76. The smallest absolute Gasteiger partial charge is 0.310 e. The van der Waals surface area contributed by atoms with Gasteiger partial charge in [-0.25, -0.2) is 0 Å². The van der Waals surface area contributed by atoms with Crippen LogP contribution in [0.15, 0.2) is 102 Å². The van der Waals surface area contributed by atoms with Crippen LogP contribution in [0.2, 0.25) is 0 Å². The molecule has 3 aromatic rings. The molecule has 2 bridgehead atoms. The lowest BCUT2D eigenvalue weighted by Gasteiger charge is -2.37. The zero-order chi connectivity index (χ0) is 22.9. The minimum absolute atomic E-state index is 0.00959. The first-order chi connectivity index (χ1) is 16.1. The first kappa shape index (κ1) is 22.5. The van der Waals surface area contributed by atoms with E-state index in [-0.39, 0.29) is 23.2 Å². The maximum Gasteiger partial charge on any atom is 0.310 e. The summed E-state index contributed by atoms with van der Waals surface area (Å²) in [6.45, 7) is 6.93. The van der Waals surface area contributed by atoms with Gasteiger partial charge in [0.15, 0.2) is 0 Å². The first-order valence-corrected chi connectivity index (χ1v) is 14.6. The van der Waals surface area contributed by atoms with Crippen LogP contribution in [0, 0.1) is 5.92 Å². The third-order valence-corrected chi connectivity index (χ3v) is 13.8. The predicted octanol–water partition coefficient (Wildman–Crippen LogP) is 5.58. The molecule has 1 saturated heterocycles. The van der Waals surface area contributed by atoms with Gasteiger partial charge >= 0.3 is 5.97 Å². The van der Waals surface area contributed by atoms with Crippen molar-refractivity contribution >= 4 is 37.7 Å². The van der Waals surface area contributed by atoms with Gasteiger partial charge in [-0.3, -0.25) is 4.79 Å². The Morgan fingerprint density at radius 3 is 1.79 bits per heavy atom. The zero-order valence-electron chi connectivity index (χ0n) is 19.4. The van der Waals surface area contributed by atoms with Gasteiger partial charge in [0.2, 0.25) is 0 Å². The Morgan fingerprint density at radius 2 is 1.27 bits per heavy atom. The predicted molar refractivity (Wildman–Crippen MR) is 142 cm³/mol. The molecule has 4 heteroatoms. The van der Waals surface area contributed by atoms with Crippen LogP contribution in [-0.4, -0.2) is 29.6 Å². The van der Waals surface area contributed by atoms with Crippen LogP contribution in [0.4, 0.5) is 0 Å². The van der Waals surface area contributed by atoms with Crippen LogP contribution in [0.1, 0.15) is 20.8 Å². The second-order valence-corrected chi connectivity index (χ2v) is 13.6. The topological polar surface area (TPSA) is 26.3 Å². The number of rotatable bonds is 6. The van der Waals surface area contributed by atoms with E-state index in [0.717, 1.165) is 0 Å². The normalized spacial score (nSPS) is 26.1. The number of hydrogen-bond donors (Lipinski definition) is 0. The Labute approximate surface area is 199 Å². The molecule has 2 aliphatic heterocycles. The minimum Gasteiger partial charge on any atom is -0.466 e. The maximum absolute atomic E-state index is 13.6. The molecule has 5 atom stereocenters. The summed E-state index contributed by atoms with van der Waals surface area (Å²) in [6, 6.07) is 32.6. The standard InChI is InChI=1S/C29H30O2P2/c1-4-31-29(30)25-26-20(2)21(3)27(33(26)24-18-12-7-13-19-24)28(25)32(22-14-8-5-9-15-22)23-16-10-6-11-17-23/h5-19,25-28H,4H2,1-3H3/t25-,26+,27-,28+,33?/m0/s1. The minimum atomic E-state index is -0.731. The van der Waals surface area contributed by atoms with E-state index in [1.165, 1.54) is 27.1 Å². The van der Waals surface area contributed by atoms with Crippen LogP contribution in [0.3, 0.4) is 0 Å². The van der Waals surface area contributed by atoms with E-state index >= 15 is 0 Å². The van der Waals surface area contributed by atoms with Crippen LogP contribution >= 0.6 is 15.8 Å². The molecule has 33 heavy (non-hydrogen) atoms. The number of allylic oxidation sites excluding steroid dienone is 2. The number of esters is 1. The van der Waals surface area contributed by atoms with Crippen molar-refractivity contribution in [1.82, 2.24) is 0 Å². The van der Waals surface area contributed by atoms with Crippen molar-refractivity contribution in [2.75, 3.05) is 6.61 Å². The Hall–Kier alpha value is -2.27. The monoisotopic (exact) mass is 472 g/mol. The van der Waals surface area contributed by atoms with E-state index in [2.05, 4.69) is 105 Å². The molecule has 2 heterocycles. The van der Waals surface area contributed by atoms with Crippen molar-refractivity contribution in [3.05, 3.63) is 102 Å². The van der Waals surface area contributed by atoms with Gasteiger partial charge in [-0.05, 0) is 44.6 Å². The summed E-state index contributed by atoms with van der Waals surface area (Å²) in [4.78, 5) is 13.6. The molecule has 3 aromatic carbocycles. The van der Waals surface area contributed by atoms with E-state index in [4.69, 9.17) is 4.74 Å². The quantitative estimate of drug-likeness (QED) is 0.266. The number of hydrogen-bond acceptors (Lipinski definition) is 2. The highest BCUT2D eigenvalue weighted by Crippen LogP contribution is 2.72. The molecule has 0 N–H and O–H groups in total. The van der Waals surface area contributed by atoms with E-state index < -0.39 is 15.8 Å². The molecule has 0 aliphatic carbocycles. The Balaban J connectivity index is 1.71. The van der Waals surface area contributed by atoms with Crippen LogP contribution < -0.4 is 15.9 Å². The van der Waals surface area contributed by atoms with Gasteiger partial charge in [-0.2, -0.15) is 0 Å². The summed E-state index contributed by atoms with van der Waals surface area (Å²) in [5.74, 6) is -0.110. The van der Waals surface area contributed by atoms with E-state index in [1.807, 2.05) is 6.92 Å². The Kier molecular flexibility index (Phi) is 6.51. The molecule has 2 nitrogen and oxygen atoms in total. The molecular weight excluding hydrogens is 442 g/mol. The Morgan fingerprint density at radius 1 is 0.788 bits per heavy atom. The third-order valence-electron chi connectivity index (χ3n) is 7.12. The maximum atomic E-state index is 13.6. The average Bonchev–Trinajstić information content (AvgIpc) is 3.32. The fourth-order valence-corrected chi connectivity index (χ4v) is 13.7. The second kappa shape index (κ2) is 9.54. The molecule has 0 aromatic heterocycles. The van der Waals surface area contributed by atoms with Crippen molar-refractivity contribution in [2.45, 2.75) is 37.7 Å². The highest BCUT2D eigenvalue weighted by atomic mass is 31.1. The SMILES string of the molecule is CCOC(=O)[C@@H]1[C@@H](P(c2ccccc2)c2ccccc2)[C@@H]2C(C)=C(C)[C@H]1P2c1ccccc1. The molecular formula is C29H30O2P2. The number of carbonyl (C=O) groups excluding carboxylic acids is 1. The number of carbonyl (C=O) groups is 1. The molecule has 0 radical (unpaired) electrons. The highest BCUT2D eigenvalue weighted by Gasteiger charge is 2.61. The van der Waals surface area contributed by atoms with Crippen molar-refractivity contribution < 1.29 is 9.53 Å². The van der Waals surface area contributed by atoms with Crippen LogP contribution in [0.5, 0.6) is 0 Å². The number of fused-ring (bicyclic) bond motifs is 2. The number of benzene rings is 3. The fourth-order valence-electron chi connectivity index (χ4n) is 5.70. The van der Waals surface area contributed by atoms with Crippen LogP contribution in [-0.2, 0) is 9.53 Å². The molecule has 1 unspecified atom stereocenters. The lowest BCUT2D eigenvalue weighted by atomic mass is 9.84. The summed E-state index contributed by atoms with van der Waals surface area (Å²) in [5.41, 5.74) is 3.81. The lowest BCUT2D eigenvalue weighted by Crippen LogP contribution is -2.41. The third kappa shape index (κ3) is 3.88. The molecule has 0 spiro atoms. The van der Waals surface area contributed by atoms with E-state index in [0.29, 0.717) is 12.3 Å². The van der Waals surface area contributed by atoms with Crippen molar-refractivity contribution in [3.63, 3.8) is 0 Å². The van der Waals surface area contributed by atoms with Crippen molar-refractivity contribution in [3.8, 4) is 0 Å². The molecule has 2 aliphatic rings. The zero-order valence-corrected chi connectivity index (χ0v) is 21.2. The van der Waals surface area contributed by atoms with Gasteiger partial charge < -0.3 is 4.74 Å². The summed E-state index contributed by atoms with van der Waals surface area (Å²) in [7, 11) is -1.25. The van der Waals surface area contributed by atoms with Crippen molar-refractivity contribution in [2.24, 2.45) is 5.92 Å². The first-order valence-electron chi connectivity index (χ1n) is 11.7. The van der Waals surface area contributed by atoms with Gasteiger partial charge in [-0.1, -0.05) is 110 Å². The summed E-state index contributed by atoms with van der Waals surface area (Å²) >= 11 is 0. The Bertz CT molecular complexity index is 1100. The van der Waals surface area contributed by atoms with E-state index in [1.54, 1.807) is 0 Å². The largest absolute Gasteiger partial charge is 0.466 e. The number of ether oxygens (including phenoxy) is 1. The van der Waals surface area contributed by atoms with Gasteiger partial charge in [0.1, 0.15) is 0 Å². The summed E-state index contributed by atoms with van der Waals surface area (Å²) in [6.07, 6.45) is 0. The average molecular weight is 473 g/mol. The second-order valence-electron chi connectivity index (χ2n) is 8.81. The fraction of sp³-hybridized carbons (Fsp3) is 0.276. The van der Waals surface area contributed by atoms with Gasteiger partial charge in [0.05, 0.1) is 12.5 Å². The van der Waals surface area contributed by atoms with Crippen LogP contribution in [0.25, 0.3) is 0 Å². The molecule has 1 fully saturated rings. The van der Waals surface area contributed by atoms with Crippen molar-refractivity contribution in [1.29, 1.82) is 0 Å².